The number of hydrogen-bond donors (Lipinski definition) is 2. The van der Waals surface area contributed by atoms with Crippen LogP contribution in [0.25, 0.3) is 0 Å². The molecule has 0 radical (unpaired) electrons. The van der Waals surface area contributed by atoms with Crippen LogP contribution in [0.5, 0.6) is 0 Å². The van der Waals surface area contributed by atoms with E-state index in [0.29, 0.717) is 6.42 Å². The van der Waals surface area contributed by atoms with Crippen LogP contribution < -0.4 is 5.32 Å². The highest BCUT2D eigenvalue weighted by Crippen LogP contribution is 2.39. The molecular weight excluding hydrogens is 333 g/mol. The summed E-state index contributed by atoms with van der Waals surface area (Å²) < 4.78 is 1.10. The SMILES string of the molecule is Cc1cc(I)ccc1NC(=O)[C@@H]1C[C@@H]1C(=O)O. The van der Waals surface area contributed by atoms with Crippen LogP contribution in [0.15, 0.2) is 18.2 Å². The zero-order valence-corrected chi connectivity index (χ0v) is 11.4. The molecule has 2 rings (SSSR count). The summed E-state index contributed by atoms with van der Waals surface area (Å²) in [5, 5.41) is 11.5. The number of hydrogen-bond acceptors (Lipinski definition) is 2. The normalized spacial score (nSPS) is 22.0. The Morgan fingerprint density at radius 2 is 2.12 bits per heavy atom. The van der Waals surface area contributed by atoms with Crippen LogP contribution in [0, 0.1) is 22.3 Å². The molecule has 1 amide bonds. The maximum atomic E-state index is 11.8. The summed E-state index contributed by atoms with van der Waals surface area (Å²) in [4.78, 5) is 22.4. The van der Waals surface area contributed by atoms with Crippen molar-refractivity contribution in [3.63, 3.8) is 0 Å². The Bertz CT molecular complexity index is 487. The quantitative estimate of drug-likeness (QED) is 0.826. The molecule has 1 aromatic rings. The molecule has 0 bridgehead atoms. The van der Waals surface area contributed by atoms with Gasteiger partial charge in [0.2, 0.25) is 5.91 Å². The highest BCUT2D eigenvalue weighted by Gasteiger charge is 2.48. The average Bonchev–Trinajstić information content (AvgIpc) is 3.01. The van der Waals surface area contributed by atoms with Gasteiger partial charge in [-0.3, -0.25) is 9.59 Å². The largest absolute Gasteiger partial charge is 0.481 e. The molecule has 0 saturated heterocycles. The minimum absolute atomic E-state index is 0.193. The van der Waals surface area contributed by atoms with E-state index in [1.807, 2.05) is 25.1 Å². The highest BCUT2D eigenvalue weighted by molar-refractivity contribution is 14.1. The standard InChI is InChI=1S/C12H12INO3/c1-6-4-7(13)2-3-10(6)14-11(15)8-5-9(8)12(16)17/h2-4,8-9H,5H2,1H3,(H,14,15)(H,16,17)/t8-,9+/m1/s1. The van der Waals surface area contributed by atoms with E-state index in [4.69, 9.17) is 5.11 Å². The van der Waals surface area contributed by atoms with Gasteiger partial charge in [-0.25, -0.2) is 0 Å². The number of amides is 1. The fraction of sp³-hybridized carbons (Fsp3) is 0.333. The molecular formula is C12H12INO3. The van der Waals surface area contributed by atoms with Crippen molar-refractivity contribution >= 4 is 40.2 Å². The first-order valence-electron chi connectivity index (χ1n) is 5.29. The van der Waals surface area contributed by atoms with Gasteiger partial charge in [-0.05, 0) is 59.7 Å². The van der Waals surface area contributed by atoms with Crippen molar-refractivity contribution in [2.45, 2.75) is 13.3 Å². The lowest BCUT2D eigenvalue weighted by Gasteiger charge is -2.08. The third-order valence-electron chi connectivity index (χ3n) is 2.89. The maximum Gasteiger partial charge on any atom is 0.307 e. The van der Waals surface area contributed by atoms with Gasteiger partial charge in [-0.1, -0.05) is 0 Å². The van der Waals surface area contributed by atoms with Gasteiger partial charge < -0.3 is 10.4 Å². The summed E-state index contributed by atoms with van der Waals surface area (Å²) in [7, 11) is 0. The van der Waals surface area contributed by atoms with E-state index in [1.165, 1.54) is 0 Å². The smallest absolute Gasteiger partial charge is 0.307 e. The van der Waals surface area contributed by atoms with Gasteiger partial charge in [0.15, 0.2) is 0 Å². The van der Waals surface area contributed by atoms with Crippen molar-refractivity contribution in [1.29, 1.82) is 0 Å². The molecule has 0 aromatic heterocycles. The zero-order valence-electron chi connectivity index (χ0n) is 9.24. The fourth-order valence-electron chi connectivity index (χ4n) is 1.75. The number of carboxylic acids is 1. The monoisotopic (exact) mass is 345 g/mol. The van der Waals surface area contributed by atoms with Crippen molar-refractivity contribution in [3.8, 4) is 0 Å². The van der Waals surface area contributed by atoms with E-state index in [-0.39, 0.29) is 11.8 Å². The molecule has 1 aliphatic carbocycles. The summed E-state index contributed by atoms with van der Waals surface area (Å²) in [5.41, 5.74) is 1.74. The highest BCUT2D eigenvalue weighted by atomic mass is 127. The van der Waals surface area contributed by atoms with Crippen molar-refractivity contribution in [3.05, 3.63) is 27.3 Å². The molecule has 0 unspecified atom stereocenters. The Labute approximate surface area is 113 Å². The van der Waals surface area contributed by atoms with E-state index >= 15 is 0 Å². The Hall–Kier alpha value is -1.11. The second-order valence-corrected chi connectivity index (χ2v) is 5.48. The fourth-order valence-corrected chi connectivity index (χ4v) is 2.40. The summed E-state index contributed by atoms with van der Waals surface area (Å²) >= 11 is 2.20. The minimum atomic E-state index is -0.885. The summed E-state index contributed by atoms with van der Waals surface area (Å²) in [6.07, 6.45) is 0.449. The molecule has 2 atom stereocenters. The lowest BCUT2D eigenvalue weighted by Crippen LogP contribution is -2.17. The first-order valence-corrected chi connectivity index (χ1v) is 6.36. The minimum Gasteiger partial charge on any atom is -0.481 e. The van der Waals surface area contributed by atoms with Crippen LogP contribution in [0.1, 0.15) is 12.0 Å². The van der Waals surface area contributed by atoms with Gasteiger partial charge in [0, 0.05) is 9.26 Å². The summed E-state index contributed by atoms with van der Waals surface area (Å²) in [6, 6.07) is 5.72. The third kappa shape index (κ3) is 2.77. The predicted octanol–water partition coefficient (Wildman–Crippen LogP) is 2.26. The molecule has 0 heterocycles. The number of carboxylic acid groups (broad SMARTS) is 1. The molecule has 17 heavy (non-hydrogen) atoms. The summed E-state index contributed by atoms with van der Waals surface area (Å²) in [5.74, 6) is -1.95. The Kier molecular flexibility index (Phi) is 3.37. The lowest BCUT2D eigenvalue weighted by atomic mass is 10.2. The molecule has 0 spiro atoms. The van der Waals surface area contributed by atoms with Crippen LogP contribution in [-0.2, 0) is 9.59 Å². The number of rotatable bonds is 3. The Morgan fingerprint density at radius 3 is 2.65 bits per heavy atom. The second-order valence-electron chi connectivity index (χ2n) is 4.24. The number of carbonyl (C=O) groups excluding carboxylic acids is 1. The molecule has 1 aromatic carbocycles. The van der Waals surface area contributed by atoms with Crippen molar-refractivity contribution in [2.75, 3.05) is 5.32 Å². The number of carbonyl (C=O) groups is 2. The maximum absolute atomic E-state index is 11.8. The average molecular weight is 345 g/mol. The molecule has 5 heteroatoms. The van der Waals surface area contributed by atoms with Crippen molar-refractivity contribution in [2.24, 2.45) is 11.8 Å². The number of benzene rings is 1. The second kappa shape index (κ2) is 4.64. The van der Waals surface area contributed by atoms with Crippen LogP contribution in [-0.4, -0.2) is 17.0 Å². The van der Waals surface area contributed by atoms with Gasteiger partial charge in [-0.2, -0.15) is 0 Å². The van der Waals surface area contributed by atoms with Crippen LogP contribution in [0.2, 0.25) is 0 Å². The molecule has 1 saturated carbocycles. The van der Waals surface area contributed by atoms with Crippen LogP contribution >= 0.6 is 22.6 Å². The molecule has 2 N–H and O–H groups in total. The first kappa shape index (κ1) is 12.3. The van der Waals surface area contributed by atoms with Crippen LogP contribution in [0.4, 0.5) is 5.69 Å². The van der Waals surface area contributed by atoms with E-state index in [2.05, 4.69) is 27.9 Å². The van der Waals surface area contributed by atoms with Gasteiger partial charge in [-0.15, -0.1) is 0 Å². The van der Waals surface area contributed by atoms with E-state index in [9.17, 15) is 9.59 Å². The van der Waals surface area contributed by atoms with Crippen molar-refractivity contribution < 1.29 is 14.7 Å². The number of aliphatic carboxylic acids is 1. The Morgan fingerprint density at radius 1 is 1.41 bits per heavy atom. The molecule has 4 nitrogen and oxygen atoms in total. The number of halogens is 1. The zero-order chi connectivity index (χ0) is 12.6. The number of nitrogens with one attached hydrogen (secondary N) is 1. The van der Waals surface area contributed by atoms with E-state index in [0.717, 1.165) is 14.8 Å². The van der Waals surface area contributed by atoms with Crippen molar-refractivity contribution in [1.82, 2.24) is 0 Å². The topological polar surface area (TPSA) is 66.4 Å². The van der Waals surface area contributed by atoms with Gasteiger partial charge in [0.25, 0.3) is 0 Å². The van der Waals surface area contributed by atoms with Gasteiger partial charge in [0.05, 0.1) is 11.8 Å². The van der Waals surface area contributed by atoms with Gasteiger partial charge in [0.1, 0.15) is 0 Å². The van der Waals surface area contributed by atoms with E-state index in [1.54, 1.807) is 0 Å². The molecule has 1 aliphatic rings. The first-order chi connectivity index (χ1) is 7.99. The number of anilines is 1. The third-order valence-corrected chi connectivity index (χ3v) is 3.56. The lowest BCUT2D eigenvalue weighted by molar-refractivity contribution is -0.139. The van der Waals surface area contributed by atoms with E-state index < -0.39 is 11.9 Å². The number of aryl methyl sites for hydroxylation is 1. The summed E-state index contributed by atoms with van der Waals surface area (Å²) in [6.45, 7) is 1.92. The molecule has 0 aliphatic heterocycles. The van der Waals surface area contributed by atoms with Gasteiger partial charge >= 0.3 is 5.97 Å². The molecule has 90 valence electrons. The Balaban J connectivity index is 2.02. The molecule has 1 fully saturated rings. The van der Waals surface area contributed by atoms with Crippen LogP contribution in [0.3, 0.4) is 0 Å². The predicted molar refractivity (Wildman–Crippen MR) is 71.8 cm³/mol.